The van der Waals surface area contributed by atoms with Crippen molar-refractivity contribution in [2.24, 2.45) is 0 Å². The minimum absolute atomic E-state index is 0.0195. The van der Waals surface area contributed by atoms with E-state index in [1.54, 1.807) is 20.8 Å². The lowest BCUT2D eigenvalue weighted by molar-refractivity contribution is -0.137. The van der Waals surface area contributed by atoms with Crippen molar-refractivity contribution in [3.63, 3.8) is 0 Å². The number of nitrogens with one attached hydrogen (secondary N) is 2. The van der Waals surface area contributed by atoms with Gasteiger partial charge in [-0.05, 0) is 33.3 Å². The molecule has 2 amide bonds. The van der Waals surface area contributed by atoms with Crippen molar-refractivity contribution in [1.29, 1.82) is 0 Å². The first kappa shape index (κ1) is 20.3. The molecule has 138 valence electrons. The molecule has 1 aromatic rings. The Kier molecular flexibility index (Phi) is 6.84. The van der Waals surface area contributed by atoms with E-state index in [1.165, 1.54) is 0 Å². The Balaban J connectivity index is 2.93. The normalized spacial score (nSPS) is 10.9. The number of rotatable bonds is 7. The zero-order chi connectivity index (χ0) is 19.2. The number of benzene rings is 1. The molecule has 1 aromatic carbocycles. The number of hydrogen-bond acceptors (Lipinski definition) is 4. The fourth-order valence-corrected chi connectivity index (χ4v) is 1.97. The summed E-state index contributed by atoms with van der Waals surface area (Å²) in [4.78, 5) is 34.5. The van der Waals surface area contributed by atoms with Gasteiger partial charge in [-0.25, -0.2) is 18.4 Å². The predicted octanol–water partition coefficient (Wildman–Crippen LogP) is 2.91. The molecule has 0 saturated heterocycles. The Morgan fingerprint density at radius 3 is 2.36 bits per heavy atom. The summed E-state index contributed by atoms with van der Waals surface area (Å²) in [5.41, 5.74) is -1.46. The van der Waals surface area contributed by atoms with Crippen molar-refractivity contribution in [1.82, 2.24) is 5.32 Å². The maximum absolute atomic E-state index is 13.4. The molecule has 25 heavy (non-hydrogen) atoms. The van der Waals surface area contributed by atoms with Gasteiger partial charge in [-0.1, -0.05) is 0 Å². The first-order chi connectivity index (χ1) is 11.6. The van der Waals surface area contributed by atoms with E-state index >= 15 is 0 Å². The van der Waals surface area contributed by atoms with E-state index in [-0.39, 0.29) is 30.7 Å². The fourth-order valence-electron chi connectivity index (χ4n) is 1.97. The van der Waals surface area contributed by atoms with E-state index in [0.717, 1.165) is 0 Å². The highest BCUT2D eigenvalue weighted by Gasteiger charge is 2.24. The van der Waals surface area contributed by atoms with Gasteiger partial charge in [-0.2, -0.15) is 0 Å². The average Bonchev–Trinajstić information content (AvgIpc) is 2.48. The number of amides is 2. The topological polar surface area (TPSA) is 105 Å². The van der Waals surface area contributed by atoms with Crippen LogP contribution in [0, 0.1) is 11.6 Å². The lowest BCUT2D eigenvalue weighted by Gasteiger charge is -2.26. The first-order valence-electron chi connectivity index (χ1n) is 7.53. The number of carbonyl (C=O) groups is 3. The van der Waals surface area contributed by atoms with Gasteiger partial charge in [0.15, 0.2) is 11.6 Å². The van der Waals surface area contributed by atoms with Gasteiger partial charge in [-0.15, -0.1) is 0 Å². The van der Waals surface area contributed by atoms with Crippen molar-refractivity contribution in [3.8, 4) is 0 Å². The van der Waals surface area contributed by atoms with Crippen LogP contribution in [-0.2, 0) is 9.53 Å². The number of carbonyl (C=O) groups excluding carboxylic acids is 2. The molecule has 0 bridgehead atoms. The number of anilines is 1. The van der Waals surface area contributed by atoms with Gasteiger partial charge < -0.3 is 20.5 Å². The third kappa shape index (κ3) is 6.36. The predicted molar refractivity (Wildman–Crippen MR) is 85.4 cm³/mol. The van der Waals surface area contributed by atoms with Crippen LogP contribution in [-0.4, -0.2) is 35.2 Å². The second kappa shape index (κ2) is 8.41. The summed E-state index contributed by atoms with van der Waals surface area (Å²) in [6, 6.07) is 0.510. The van der Waals surface area contributed by atoms with Crippen LogP contribution in [0.2, 0.25) is 0 Å². The third-order valence-electron chi connectivity index (χ3n) is 3.22. The SMILES string of the molecule is CCOC(=O)c1cc(F)c(F)cc1NC(=O)NC(C)(C)CCC(=O)O. The summed E-state index contributed by atoms with van der Waals surface area (Å²) < 4.78 is 31.6. The molecule has 0 aliphatic heterocycles. The molecular formula is C16H20F2N2O5. The second-order valence-electron chi connectivity index (χ2n) is 5.89. The van der Waals surface area contributed by atoms with Crippen LogP contribution in [0.3, 0.4) is 0 Å². The number of hydrogen-bond donors (Lipinski definition) is 3. The van der Waals surface area contributed by atoms with Crippen LogP contribution in [0.5, 0.6) is 0 Å². The molecule has 0 unspecified atom stereocenters. The third-order valence-corrected chi connectivity index (χ3v) is 3.22. The summed E-state index contributed by atoms with van der Waals surface area (Å²) in [5, 5.41) is 13.5. The van der Waals surface area contributed by atoms with Crippen LogP contribution >= 0.6 is 0 Å². The number of aliphatic carboxylic acids is 1. The van der Waals surface area contributed by atoms with Gasteiger partial charge in [0.25, 0.3) is 0 Å². The highest BCUT2D eigenvalue weighted by atomic mass is 19.2. The molecule has 0 heterocycles. The molecule has 0 spiro atoms. The van der Waals surface area contributed by atoms with E-state index in [1.807, 2.05) is 0 Å². The summed E-state index contributed by atoms with van der Waals surface area (Å²) in [5.74, 6) is -4.42. The fraction of sp³-hybridized carbons (Fsp3) is 0.438. The minimum atomic E-state index is -1.25. The maximum Gasteiger partial charge on any atom is 0.340 e. The highest BCUT2D eigenvalue weighted by Crippen LogP contribution is 2.22. The minimum Gasteiger partial charge on any atom is -0.481 e. The molecular weight excluding hydrogens is 338 g/mol. The summed E-state index contributed by atoms with van der Waals surface area (Å²) in [7, 11) is 0. The van der Waals surface area contributed by atoms with Crippen molar-refractivity contribution in [2.45, 2.75) is 39.2 Å². The van der Waals surface area contributed by atoms with E-state index in [0.29, 0.717) is 12.1 Å². The number of carboxylic acids is 1. The smallest absolute Gasteiger partial charge is 0.340 e. The molecule has 0 atom stereocenters. The second-order valence-corrected chi connectivity index (χ2v) is 5.89. The molecule has 0 saturated carbocycles. The van der Waals surface area contributed by atoms with Gasteiger partial charge in [0.05, 0.1) is 17.9 Å². The first-order valence-corrected chi connectivity index (χ1v) is 7.53. The Hall–Kier alpha value is -2.71. The van der Waals surface area contributed by atoms with Crippen molar-refractivity contribution < 1.29 is 33.0 Å². The number of ether oxygens (including phenoxy) is 1. The van der Waals surface area contributed by atoms with Gasteiger partial charge in [0, 0.05) is 18.0 Å². The molecule has 0 aliphatic carbocycles. The number of esters is 1. The molecule has 9 heteroatoms. The molecule has 0 radical (unpaired) electrons. The molecule has 0 aromatic heterocycles. The van der Waals surface area contributed by atoms with Crippen molar-refractivity contribution in [3.05, 3.63) is 29.3 Å². The molecule has 0 fully saturated rings. The van der Waals surface area contributed by atoms with Crippen LogP contribution in [0.15, 0.2) is 12.1 Å². The highest BCUT2D eigenvalue weighted by molar-refractivity contribution is 6.01. The zero-order valence-corrected chi connectivity index (χ0v) is 14.1. The summed E-state index contributed by atoms with van der Waals surface area (Å²) in [6.07, 6.45) is -0.00913. The van der Waals surface area contributed by atoms with Crippen LogP contribution < -0.4 is 10.6 Å². The number of carboxylic acid groups (broad SMARTS) is 1. The zero-order valence-electron chi connectivity index (χ0n) is 14.1. The van der Waals surface area contributed by atoms with E-state index in [2.05, 4.69) is 10.6 Å². The molecule has 0 aliphatic rings. The Labute approximate surface area is 143 Å². The molecule has 1 rings (SSSR count). The lowest BCUT2D eigenvalue weighted by Crippen LogP contribution is -2.46. The van der Waals surface area contributed by atoms with Crippen molar-refractivity contribution >= 4 is 23.7 Å². The van der Waals surface area contributed by atoms with E-state index in [4.69, 9.17) is 9.84 Å². The quantitative estimate of drug-likeness (QED) is 0.650. The maximum atomic E-state index is 13.4. The number of halogens is 2. The van der Waals surface area contributed by atoms with Gasteiger partial charge in [0.2, 0.25) is 0 Å². The molecule has 7 nitrogen and oxygen atoms in total. The van der Waals surface area contributed by atoms with Crippen molar-refractivity contribution in [2.75, 3.05) is 11.9 Å². The largest absolute Gasteiger partial charge is 0.481 e. The van der Waals surface area contributed by atoms with Gasteiger partial charge >= 0.3 is 18.0 Å². The summed E-state index contributed by atoms with van der Waals surface area (Å²) >= 11 is 0. The van der Waals surface area contributed by atoms with Crippen LogP contribution in [0.4, 0.5) is 19.3 Å². The Morgan fingerprint density at radius 1 is 1.20 bits per heavy atom. The van der Waals surface area contributed by atoms with Gasteiger partial charge in [-0.3, -0.25) is 4.79 Å². The van der Waals surface area contributed by atoms with E-state index < -0.39 is 35.1 Å². The standard InChI is InChI=1S/C16H20F2N2O5/c1-4-25-14(23)9-7-10(17)11(18)8-12(9)19-15(24)20-16(2,3)6-5-13(21)22/h7-8H,4-6H2,1-3H3,(H,21,22)(H2,19,20,24). The van der Waals surface area contributed by atoms with Gasteiger partial charge in [0.1, 0.15) is 0 Å². The average molecular weight is 358 g/mol. The van der Waals surface area contributed by atoms with Crippen LogP contribution in [0.25, 0.3) is 0 Å². The number of urea groups is 1. The lowest BCUT2D eigenvalue weighted by atomic mass is 9.99. The van der Waals surface area contributed by atoms with Crippen LogP contribution in [0.1, 0.15) is 44.0 Å². The Bertz CT molecular complexity index is 677. The Morgan fingerprint density at radius 2 is 1.80 bits per heavy atom. The molecule has 3 N–H and O–H groups in total. The monoisotopic (exact) mass is 358 g/mol. The summed E-state index contributed by atoms with van der Waals surface area (Å²) in [6.45, 7) is 4.77. The van der Waals surface area contributed by atoms with E-state index in [9.17, 15) is 23.2 Å².